The van der Waals surface area contributed by atoms with Crippen molar-refractivity contribution in [3.8, 4) is 33.4 Å². The van der Waals surface area contributed by atoms with Gasteiger partial charge < -0.3 is 0 Å². The molecule has 54 heavy (non-hydrogen) atoms. The molecule has 0 fully saturated rings. The SMILES string of the molecule is C=C/C=C\C(=C/C)c1c2ccccc2c(-c2cccc3c2sc2ccc(-c4c5ccccc5c(-c5ccccc5)c5ccccc45)cc23)c2ccccc12. The van der Waals surface area contributed by atoms with Gasteiger partial charge in [-0.05, 0) is 101 Å². The van der Waals surface area contributed by atoms with Crippen molar-refractivity contribution in [2.75, 3.05) is 0 Å². The molecule has 0 radical (unpaired) electrons. The van der Waals surface area contributed by atoms with E-state index in [0.717, 1.165) is 0 Å². The van der Waals surface area contributed by atoms with E-state index in [9.17, 15) is 0 Å². The summed E-state index contributed by atoms with van der Waals surface area (Å²) in [6, 6.07) is 60.5. The summed E-state index contributed by atoms with van der Waals surface area (Å²) in [6.45, 7) is 6.06. The van der Waals surface area contributed by atoms with Crippen molar-refractivity contribution < 1.29 is 0 Å². The van der Waals surface area contributed by atoms with Crippen LogP contribution >= 0.6 is 11.3 Å². The lowest BCUT2D eigenvalue weighted by molar-refractivity contribution is 1.66. The van der Waals surface area contributed by atoms with Gasteiger partial charge in [-0.1, -0.05) is 183 Å². The Balaban J connectivity index is 1.24. The summed E-state index contributed by atoms with van der Waals surface area (Å²) in [5, 5.41) is 12.7. The molecule has 0 spiro atoms. The minimum atomic E-state index is 1.19. The fourth-order valence-electron chi connectivity index (χ4n) is 8.73. The predicted octanol–water partition coefficient (Wildman–Crippen LogP) is 15.8. The maximum absolute atomic E-state index is 3.94. The van der Waals surface area contributed by atoms with Gasteiger partial charge in [-0.15, -0.1) is 11.3 Å². The lowest BCUT2D eigenvalue weighted by Gasteiger charge is -2.18. The van der Waals surface area contributed by atoms with Crippen LogP contribution in [0.25, 0.3) is 102 Å². The van der Waals surface area contributed by atoms with E-state index in [2.05, 4.69) is 189 Å². The van der Waals surface area contributed by atoms with Crippen molar-refractivity contribution in [1.82, 2.24) is 0 Å². The lowest BCUT2D eigenvalue weighted by atomic mass is 9.85. The molecule has 9 aromatic carbocycles. The smallest absolute Gasteiger partial charge is 0.0434 e. The van der Waals surface area contributed by atoms with E-state index in [1.807, 2.05) is 23.5 Å². The molecule has 0 nitrogen and oxygen atoms in total. The Hall–Kier alpha value is -6.54. The summed E-state index contributed by atoms with van der Waals surface area (Å²) in [6.07, 6.45) is 8.26. The van der Waals surface area contributed by atoms with Crippen LogP contribution in [-0.2, 0) is 0 Å². The van der Waals surface area contributed by atoms with Gasteiger partial charge in [-0.2, -0.15) is 0 Å². The molecule has 10 rings (SSSR count). The lowest BCUT2D eigenvalue weighted by Crippen LogP contribution is -1.93. The maximum Gasteiger partial charge on any atom is 0.0434 e. The number of hydrogen-bond donors (Lipinski definition) is 0. The maximum atomic E-state index is 3.94. The number of thiophene rings is 1. The second kappa shape index (κ2) is 13.1. The molecule has 0 aliphatic heterocycles. The fourth-order valence-corrected chi connectivity index (χ4v) is 9.93. The summed E-state index contributed by atoms with van der Waals surface area (Å²) >= 11 is 1.90. The molecule has 0 N–H and O–H groups in total. The minimum absolute atomic E-state index is 1.19. The van der Waals surface area contributed by atoms with Gasteiger partial charge in [-0.25, -0.2) is 0 Å². The standard InChI is InChI=1S/C53H36S/c1-3-5-18-34(4-2)49-41-25-13-15-27-43(41)52(44-28-16-14-26-42(44)49)46-30-17-29-45-47-33-36(31-32-48(47)54-53(45)46)51-39-23-11-9-21-37(39)50(35-19-7-6-8-20-35)38-22-10-12-24-40(38)51/h3-33H,1H2,2H3/b18-5-,34-4+. The van der Waals surface area contributed by atoms with Gasteiger partial charge in [0.2, 0.25) is 0 Å². The molecular weight excluding hydrogens is 669 g/mol. The normalized spacial score (nSPS) is 12.3. The molecule has 0 amide bonds. The van der Waals surface area contributed by atoms with Crippen LogP contribution in [0, 0.1) is 0 Å². The van der Waals surface area contributed by atoms with E-state index in [0.29, 0.717) is 0 Å². The van der Waals surface area contributed by atoms with Crippen LogP contribution in [-0.4, -0.2) is 0 Å². The first-order valence-corrected chi connectivity index (χ1v) is 19.4. The molecule has 0 aliphatic rings. The Labute approximate surface area is 319 Å². The van der Waals surface area contributed by atoms with Crippen molar-refractivity contribution >= 4 is 80.2 Å². The van der Waals surface area contributed by atoms with E-state index < -0.39 is 0 Å². The second-order valence-electron chi connectivity index (χ2n) is 13.9. The highest BCUT2D eigenvalue weighted by atomic mass is 32.1. The van der Waals surface area contributed by atoms with Crippen LogP contribution in [0.1, 0.15) is 12.5 Å². The van der Waals surface area contributed by atoms with Gasteiger partial charge in [-0.3, -0.25) is 0 Å². The van der Waals surface area contributed by atoms with Crippen LogP contribution in [0.4, 0.5) is 0 Å². The average Bonchev–Trinajstić information content (AvgIpc) is 3.61. The first-order valence-electron chi connectivity index (χ1n) is 18.6. The Kier molecular flexibility index (Phi) is 7.82. The zero-order chi connectivity index (χ0) is 36.2. The first kappa shape index (κ1) is 32.1. The number of rotatable bonds is 6. The molecule has 0 bridgehead atoms. The van der Waals surface area contributed by atoms with E-state index in [4.69, 9.17) is 0 Å². The third-order valence-electron chi connectivity index (χ3n) is 11.0. The predicted molar refractivity (Wildman–Crippen MR) is 239 cm³/mol. The Morgan fingerprint density at radius 2 is 0.963 bits per heavy atom. The van der Waals surface area contributed by atoms with Gasteiger partial charge in [0.1, 0.15) is 0 Å². The number of hydrogen-bond acceptors (Lipinski definition) is 1. The third-order valence-corrected chi connectivity index (χ3v) is 12.2. The molecule has 10 aromatic rings. The highest BCUT2D eigenvalue weighted by Crippen LogP contribution is 2.49. The Bertz CT molecular complexity index is 3060. The van der Waals surface area contributed by atoms with Crippen LogP contribution < -0.4 is 0 Å². The van der Waals surface area contributed by atoms with Crippen molar-refractivity contribution in [2.45, 2.75) is 6.92 Å². The summed E-state index contributed by atoms with van der Waals surface area (Å²) in [7, 11) is 0. The molecule has 0 atom stereocenters. The fraction of sp³-hybridized carbons (Fsp3) is 0.0189. The monoisotopic (exact) mass is 704 g/mol. The molecule has 1 heterocycles. The van der Waals surface area contributed by atoms with E-state index in [-0.39, 0.29) is 0 Å². The first-order chi connectivity index (χ1) is 26.7. The Morgan fingerprint density at radius 1 is 0.463 bits per heavy atom. The summed E-state index contributed by atoms with van der Waals surface area (Å²) in [5.41, 5.74) is 10.1. The number of allylic oxidation sites excluding steroid dienone is 5. The molecule has 0 saturated heterocycles. The number of benzene rings is 9. The molecule has 1 heteroatoms. The third kappa shape index (κ3) is 4.97. The molecule has 0 aliphatic carbocycles. The quantitative estimate of drug-likeness (QED) is 0.119. The molecule has 254 valence electrons. The second-order valence-corrected chi connectivity index (χ2v) is 14.9. The van der Waals surface area contributed by atoms with Gasteiger partial charge in [0.05, 0.1) is 0 Å². The Morgan fingerprint density at radius 3 is 1.52 bits per heavy atom. The highest BCUT2D eigenvalue weighted by Gasteiger charge is 2.21. The van der Waals surface area contributed by atoms with Crippen molar-refractivity contribution in [3.63, 3.8) is 0 Å². The van der Waals surface area contributed by atoms with Crippen molar-refractivity contribution in [1.29, 1.82) is 0 Å². The molecule has 0 unspecified atom stereocenters. The van der Waals surface area contributed by atoms with Gasteiger partial charge >= 0.3 is 0 Å². The highest BCUT2D eigenvalue weighted by molar-refractivity contribution is 7.26. The molecule has 0 saturated carbocycles. The largest absolute Gasteiger partial charge is 0.135 e. The topological polar surface area (TPSA) is 0 Å². The zero-order valence-corrected chi connectivity index (χ0v) is 30.8. The van der Waals surface area contributed by atoms with Crippen LogP contribution in [0.5, 0.6) is 0 Å². The zero-order valence-electron chi connectivity index (χ0n) is 30.0. The van der Waals surface area contributed by atoms with Crippen molar-refractivity contribution in [2.24, 2.45) is 0 Å². The summed E-state index contributed by atoms with van der Waals surface area (Å²) in [4.78, 5) is 0. The van der Waals surface area contributed by atoms with Gasteiger partial charge in [0.25, 0.3) is 0 Å². The minimum Gasteiger partial charge on any atom is -0.135 e. The molecule has 1 aromatic heterocycles. The summed E-state index contributed by atoms with van der Waals surface area (Å²) < 4.78 is 2.62. The van der Waals surface area contributed by atoms with Crippen LogP contribution in [0.2, 0.25) is 0 Å². The summed E-state index contributed by atoms with van der Waals surface area (Å²) in [5.74, 6) is 0. The van der Waals surface area contributed by atoms with Crippen LogP contribution in [0.15, 0.2) is 195 Å². The number of fused-ring (bicyclic) bond motifs is 7. The van der Waals surface area contributed by atoms with Crippen LogP contribution in [0.3, 0.4) is 0 Å². The molecular formula is C53H36S. The average molecular weight is 705 g/mol. The van der Waals surface area contributed by atoms with E-state index in [1.165, 1.54) is 108 Å². The van der Waals surface area contributed by atoms with E-state index >= 15 is 0 Å². The van der Waals surface area contributed by atoms with Gasteiger partial charge in [0.15, 0.2) is 0 Å². The van der Waals surface area contributed by atoms with E-state index in [1.54, 1.807) is 0 Å². The van der Waals surface area contributed by atoms with Crippen molar-refractivity contribution in [3.05, 3.63) is 200 Å². The van der Waals surface area contributed by atoms with Gasteiger partial charge in [0, 0.05) is 25.7 Å².